The maximum absolute atomic E-state index is 5.84. The first-order chi connectivity index (χ1) is 11.9. The number of rotatable bonds is 8. The fraction of sp³-hybridized carbons (Fsp3) is 0.455. The van der Waals surface area contributed by atoms with Crippen LogP contribution in [0.4, 0.5) is 0 Å². The minimum absolute atomic E-state index is 0.725. The molecule has 0 aromatic heterocycles. The molecule has 2 aromatic rings. The molecular weight excluding hydrogens is 294 g/mol. The van der Waals surface area contributed by atoms with Gasteiger partial charge >= 0.3 is 0 Å². The fourth-order valence-corrected chi connectivity index (χ4v) is 3.45. The van der Waals surface area contributed by atoms with E-state index >= 15 is 0 Å². The zero-order chi connectivity index (χ0) is 16.5. The third kappa shape index (κ3) is 5.68. The second-order valence-corrected chi connectivity index (χ2v) is 6.86. The Bertz CT molecular complexity index is 573. The van der Waals surface area contributed by atoms with E-state index in [0.717, 1.165) is 37.8 Å². The Morgan fingerprint density at radius 3 is 2.33 bits per heavy atom. The van der Waals surface area contributed by atoms with Crippen LogP contribution >= 0.6 is 0 Å². The van der Waals surface area contributed by atoms with Crippen molar-refractivity contribution in [2.45, 2.75) is 45.1 Å². The van der Waals surface area contributed by atoms with E-state index in [-0.39, 0.29) is 0 Å². The maximum atomic E-state index is 5.84. The third-order valence-corrected chi connectivity index (χ3v) is 4.91. The summed E-state index contributed by atoms with van der Waals surface area (Å²) >= 11 is 0. The van der Waals surface area contributed by atoms with E-state index in [9.17, 15) is 0 Å². The van der Waals surface area contributed by atoms with Gasteiger partial charge in [0.15, 0.2) is 0 Å². The van der Waals surface area contributed by atoms with Crippen LogP contribution in [-0.4, -0.2) is 13.2 Å². The molecule has 0 spiro atoms. The average molecular weight is 323 g/mol. The van der Waals surface area contributed by atoms with Crippen LogP contribution in [0.5, 0.6) is 5.75 Å². The van der Waals surface area contributed by atoms with Gasteiger partial charge in [0.05, 0.1) is 6.61 Å². The third-order valence-electron chi connectivity index (χ3n) is 4.91. The molecule has 1 aliphatic rings. The summed E-state index contributed by atoms with van der Waals surface area (Å²) in [6.07, 6.45) is 8.03. The van der Waals surface area contributed by atoms with Gasteiger partial charge < -0.3 is 10.1 Å². The van der Waals surface area contributed by atoms with Gasteiger partial charge in [-0.3, -0.25) is 0 Å². The summed E-state index contributed by atoms with van der Waals surface area (Å²) in [4.78, 5) is 0. The van der Waals surface area contributed by atoms with Gasteiger partial charge in [-0.1, -0.05) is 61.7 Å². The molecule has 1 aliphatic carbocycles. The van der Waals surface area contributed by atoms with E-state index < -0.39 is 0 Å². The van der Waals surface area contributed by atoms with Crippen molar-refractivity contribution in [2.75, 3.05) is 13.2 Å². The highest BCUT2D eigenvalue weighted by Crippen LogP contribution is 2.22. The van der Waals surface area contributed by atoms with Gasteiger partial charge in [0, 0.05) is 13.0 Å². The Kier molecular flexibility index (Phi) is 6.73. The standard InChI is InChI=1S/C22H29NO/c1-3-7-19(8-4-1)15-16-24-22-13-11-21(12-14-22)18-23-17-20-9-5-2-6-10-20/h1,3-4,7-8,11-14,20,23H,2,5-6,9-10,15-18H2. The second kappa shape index (κ2) is 9.48. The first kappa shape index (κ1) is 17.0. The van der Waals surface area contributed by atoms with Crippen molar-refractivity contribution in [3.63, 3.8) is 0 Å². The van der Waals surface area contributed by atoms with Crippen LogP contribution in [0.15, 0.2) is 54.6 Å². The second-order valence-electron chi connectivity index (χ2n) is 6.86. The molecule has 0 atom stereocenters. The first-order valence-electron chi connectivity index (χ1n) is 9.36. The first-order valence-corrected chi connectivity index (χ1v) is 9.36. The Morgan fingerprint density at radius 2 is 1.58 bits per heavy atom. The van der Waals surface area contributed by atoms with Crippen LogP contribution in [-0.2, 0) is 13.0 Å². The number of ether oxygens (including phenoxy) is 1. The van der Waals surface area contributed by atoms with Gasteiger partial charge in [-0.25, -0.2) is 0 Å². The SMILES string of the molecule is c1ccc(CCOc2ccc(CNCC3CCCCC3)cc2)cc1. The lowest BCUT2D eigenvalue weighted by molar-refractivity contribution is 0.321. The predicted octanol–water partition coefficient (Wildman–Crippen LogP) is 4.98. The molecule has 24 heavy (non-hydrogen) atoms. The minimum Gasteiger partial charge on any atom is -0.493 e. The van der Waals surface area contributed by atoms with Crippen molar-refractivity contribution < 1.29 is 4.74 Å². The summed E-state index contributed by atoms with van der Waals surface area (Å²) in [5, 5.41) is 3.61. The molecule has 0 radical (unpaired) electrons. The Labute approximate surface area is 146 Å². The minimum atomic E-state index is 0.725. The predicted molar refractivity (Wildman–Crippen MR) is 100 cm³/mol. The monoisotopic (exact) mass is 323 g/mol. The Hall–Kier alpha value is -1.80. The molecule has 1 saturated carbocycles. The Balaban J connectivity index is 1.35. The lowest BCUT2D eigenvalue weighted by Crippen LogP contribution is -2.24. The molecular formula is C22H29NO. The van der Waals surface area contributed by atoms with Crippen LogP contribution in [0.3, 0.4) is 0 Å². The van der Waals surface area contributed by atoms with Crippen molar-refractivity contribution in [3.8, 4) is 5.75 Å². The summed E-state index contributed by atoms with van der Waals surface area (Å²) in [7, 11) is 0. The van der Waals surface area contributed by atoms with Crippen LogP contribution in [0.2, 0.25) is 0 Å². The van der Waals surface area contributed by atoms with Crippen molar-refractivity contribution in [3.05, 3.63) is 65.7 Å². The zero-order valence-electron chi connectivity index (χ0n) is 14.5. The van der Waals surface area contributed by atoms with Gasteiger partial charge in [0.1, 0.15) is 5.75 Å². The van der Waals surface area contributed by atoms with E-state index in [2.05, 4.69) is 53.8 Å². The van der Waals surface area contributed by atoms with Crippen molar-refractivity contribution in [1.29, 1.82) is 0 Å². The number of benzene rings is 2. The van der Waals surface area contributed by atoms with Gasteiger partial charge in [-0.15, -0.1) is 0 Å². The van der Waals surface area contributed by atoms with E-state index in [1.165, 1.54) is 43.2 Å². The lowest BCUT2D eigenvalue weighted by atomic mass is 9.89. The number of hydrogen-bond acceptors (Lipinski definition) is 2. The molecule has 1 fully saturated rings. The van der Waals surface area contributed by atoms with Gasteiger partial charge in [0.25, 0.3) is 0 Å². The molecule has 0 heterocycles. The normalized spacial score (nSPS) is 15.3. The molecule has 2 aromatic carbocycles. The highest BCUT2D eigenvalue weighted by Gasteiger charge is 2.12. The van der Waals surface area contributed by atoms with E-state index in [1.54, 1.807) is 0 Å². The zero-order valence-corrected chi connectivity index (χ0v) is 14.5. The summed E-state index contributed by atoms with van der Waals surface area (Å²) in [6, 6.07) is 19.0. The molecule has 2 heteroatoms. The van der Waals surface area contributed by atoms with Crippen molar-refractivity contribution in [1.82, 2.24) is 5.32 Å². The fourth-order valence-electron chi connectivity index (χ4n) is 3.45. The summed E-state index contributed by atoms with van der Waals surface area (Å²) < 4.78 is 5.84. The smallest absolute Gasteiger partial charge is 0.119 e. The van der Waals surface area contributed by atoms with Gasteiger partial charge in [-0.05, 0) is 48.6 Å². The molecule has 0 amide bonds. The topological polar surface area (TPSA) is 21.3 Å². The van der Waals surface area contributed by atoms with E-state index in [0.29, 0.717) is 0 Å². The van der Waals surface area contributed by atoms with Gasteiger partial charge in [-0.2, -0.15) is 0 Å². The molecule has 0 bridgehead atoms. The lowest BCUT2D eigenvalue weighted by Gasteiger charge is -2.21. The largest absolute Gasteiger partial charge is 0.493 e. The van der Waals surface area contributed by atoms with Gasteiger partial charge in [0.2, 0.25) is 0 Å². The number of hydrogen-bond donors (Lipinski definition) is 1. The van der Waals surface area contributed by atoms with Crippen LogP contribution in [0, 0.1) is 5.92 Å². The highest BCUT2D eigenvalue weighted by atomic mass is 16.5. The van der Waals surface area contributed by atoms with Crippen molar-refractivity contribution in [2.24, 2.45) is 5.92 Å². The molecule has 1 N–H and O–H groups in total. The van der Waals surface area contributed by atoms with Crippen LogP contribution in [0.25, 0.3) is 0 Å². The molecule has 0 unspecified atom stereocenters. The maximum Gasteiger partial charge on any atom is 0.119 e. The van der Waals surface area contributed by atoms with Crippen LogP contribution in [0.1, 0.15) is 43.2 Å². The molecule has 3 rings (SSSR count). The average Bonchev–Trinajstić information content (AvgIpc) is 2.65. The molecule has 2 nitrogen and oxygen atoms in total. The number of nitrogens with one attached hydrogen (secondary N) is 1. The van der Waals surface area contributed by atoms with Crippen molar-refractivity contribution >= 4 is 0 Å². The summed E-state index contributed by atoms with van der Waals surface area (Å²) in [5.74, 6) is 1.85. The van der Waals surface area contributed by atoms with E-state index in [4.69, 9.17) is 4.74 Å². The molecule has 128 valence electrons. The van der Waals surface area contributed by atoms with E-state index in [1.807, 2.05) is 6.07 Å². The highest BCUT2D eigenvalue weighted by molar-refractivity contribution is 5.27. The summed E-state index contributed by atoms with van der Waals surface area (Å²) in [6.45, 7) is 2.85. The summed E-state index contributed by atoms with van der Waals surface area (Å²) in [5.41, 5.74) is 2.65. The Morgan fingerprint density at radius 1 is 0.833 bits per heavy atom. The molecule has 0 saturated heterocycles. The molecule has 0 aliphatic heterocycles. The van der Waals surface area contributed by atoms with Crippen LogP contribution < -0.4 is 10.1 Å². The quantitative estimate of drug-likeness (QED) is 0.740.